The van der Waals surface area contributed by atoms with Crippen molar-refractivity contribution in [1.29, 1.82) is 0 Å². The Bertz CT molecular complexity index is 1050. The van der Waals surface area contributed by atoms with Crippen molar-refractivity contribution in [2.45, 2.75) is 19.9 Å². The predicted molar refractivity (Wildman–Crippen MR) is 104 cm³/mol. The fourth-order valence-electron chi connectivity index (χ4n) is 3.99. The van der Waals surface area contributed by atoms with Crippen molar-refractivity contribution in [3.8, 4) is 34.3 Å². The maximum absolute atomic E-state index is 5.53. The van der Waals surface area contributed by atoms with E-state index in [9.17, 15) is 0 Å². The number of benzene rings is 2. The van der Waals surface area contributed by atoms with Crippen LogP contribution in [0.15, 0.2) is 30.3 Å². The highest BCUT2D eigenvalue weighted by atomic mass is 35.5. The first-order valence-electron chi connectivity index (χ1n) is 8.95. The minimum atomic E-state index is 0. The summed E-state index contributed by atoms with van der Waals surface area (Å²) in [5, 5.41) is 2.29. The molecule has 0 saturated carbocycles. The molecule has 4 rings (SSSR count). The van der Waals surface area contributed by atoms with E-state index in [2.05, 4.69) is 35.8 Å². The predicted octanol–water partition coefficient (Wildman–Crippen LogP) is 0.697. The number of pyridine rings is 1. The monoisotopic (exact) mass is 401 g/mol. The van der Waals surface area contributed by atoms with Crippen molar-refractivity contribution >= 4 is 10.8 Å². The summed E-state index contributed by atoms with van der Waals surface area (Å²) in [5.41, 5.74) is 4.84. The molecule has 2 heterocycles. The van der Waals surface area contributed by atoms with E-state index in [0.29, 0.717) is 0 Å². The summed E-state index contributed by atoms with van der Waals surface area (Å²) in [5.74, 6) is 3.00. The molecule has 3 aromatic rings. The van der Waals surface area contributed by atoms with Gasteiger partial charge in [0, 0.05) is 19.4 Å². The zero-order valence-electron chi connectivity index (χ0n) is 16.8. The first kappa shape index (κ1) is 20.1. The van der Waals surface area contributed by atoms with Gasteiger partial charge in [0.2, 0.25) is 5.69 Å². The number of ether oxygens (including phenoxy) is 4. The molecule has 1 aromatic heterocycles. The first-order chi connectivity index (χ1) is 13.1. The molecule has 0 saturated heterocycles. The Labute approximate surface area is 171 Å². The molecule has 0 bridgehead atoms. The van der Waals surface area contributed by atoms with E-state index in [1.165, 1.54) is 27.9 Å². The Kier molecular flexibility index (Phi) is 5.57. The van der Waals surface area contributed by atoms with E-state index in [-0.39, 0.29) is 12.4 Å². The molecule has 6 heteroatoms. The van der Waals surface area contributed by atoms with Gasteiger partial charge in [0.1, 0.15) is 0 Å². The van der Waals surface area contributed by atoms with Crippen LogP contribution >= 0.6 is 0 Å². The van der Waals surface area contributed by atoms with Gasteiger partial charge in [0.25, 0.3) is 0 Å². The number of nitrogens with zero attached hydrogens (tertiary/aromatic N) is 1. The van der Waals surface area contributed by atoms with Crippen LogP contribution in [-0.4, -0.2) is 28.4 Å². The van der Waals surface area contributed by atoms with Gasteiger partial charge in [-0.3, -0.25) is 0 Å². The highest BCUT2D eigenvalue weighted by Crippen LogP contribution is 2.39. The van der Waals surface area contributed by atoms with Gasteiger partial charge < -0.3 is 31.4 Å². The summed E-state index contributed by atoms with van der Waals surface area (Å²) >= 11 is 0. The van der Waals surface area contributed by atoms with Gasteiger partial charge in [-0.25, -0.2) is 0 Å². The first-order valence-corrected chi connectivity index (χ1v) is 8.95. The van der Waals surface area contributed by atoms with E-state index in [1.807, 2.05) is 6.07 Å². The smallest absolute Gasteiger partial charge is 0.213 e. The Hall–Kier alpha value is -2.66. The highest BCUT2D eigenvalue weighted by molar-refractivity contribution is 5.90. The zero-order chi connectivity index (χ0) is 19.1. The van der Waals surface area contributed by atoms with E-state index in [0.717, 1.165) is 41.3 Å². The standard InChI is InChI=1S/C22H24NO4.ClH/c1-13-16-11-21(26-4)20(25-3)10-15(16)8-18-17-12-22(27-5)19(24-2)9-14(17)6-7-23(13)18;/h8-12H,6-7H2,1-5H3;1H/q+1;/p-1. The van der Waals surface area contributed by atoms with Crippen molar-refractivity contribution in [2.75, 3.05) is 28.4 Å². The normalized spacial score (nSPS) is 11.9. The van der Waals surface area contributed by atoms with Gasteiger partial charge >= 0.3 is 0 Å². The SMILES string of the molecule is COc1cc2c(cc1OC)-c1cc3cc(OC)c(OC)cc3c(C)[n+]1CC2.[Cl-]. The van der Waals surface area contributed by atoms with Gasteiger partial charge in [-0.1, -0.05) is 0 Å². The third kappa shape index (κ3) is 3.00. The average molecular weight is 402 g/mol. The van der Waals surface area contributed by atoms with E-state index in [1.54, 1.807) is 28.4 Å². The summed E-state index contributed by atoms with van der Waals surface area (Å²) in [6.07, 6.45) is 0.951. The van der Waals surface area contributed by atoms with E-state index >= 15 is 0 Å². The Balaban J connectivity index is 0.00000225. The van der Waals surface area contributed by atoms with Crippen LogP contribution in [0.5, 0.6) is 23.0 Å². The molecule has 0 unspecified atom stereocenters. The lowest BCUT2D eigenvalue weighted by Gasteiger charge is -2.20. The third-order valence-corrected chi connectivity index (χ3v) is 5.42. The van der Waals surface area contributed by atoms with Gasteiger partial charge in [-0.15, -0.1) is 0 Å². The number of hydrogen-bond donors (Lipinski definition) is 0. The molecule has 0 N–H and O–H groups in total. The second kappa shape index (κ2) is 7.76. The zero-order valence-corrected chi connectivity index (χ0v) is 17.5. The van der Waals surface area contributed by atoms with Gasteiger partial charge in [-0.05, 0) is 35.2 Å². The molecule has 1 aliphatic heterocycles. The minimum absolute atomic E-state index is 0. The van der Waals surface area contributed by atoms with Gasteiger partial charge in [0.15, 0.2) is 35.2 Å². The van der Waals surface area contributed by atoms with Crippen molar-refractivity contribution in [3.05, 3.63) is 41.6 Å². The molecule has 0 radical (unpaired) electrons. The van der Waals surface area contributed by atoms with Crippen LogP contribution < -0.4 is 35.9 Å². The maximum atomic E-state index is 5.53. The van der Waals surface area contributed by atoms with Crippen molar-refractivity contribution < 1.29 is 35.9 Å². The lowest BCUT2D eigenvalue weighted by atomic mass is 9.94. The fraction of sp³-hybridized carbons (Fsp3) is 0.318. The van der Waals surface area contributed by atoms with Crippen LogP contribution in [0.2, 0.25) is 0 Å². The summed E-state index contributed by atoms with van der Waals surface area (Å²) in [6.45, 7) is 3.08. The van der Waals surface area contributed by atoms with Crippen molar-refractivity contribution in [3.63, 3.8) is 0 Å². The summed E-state index contributed by atoms with van der Waals surface area (Å²) in [7, 11) is 6.67. The van der Waals surface area contributed by atoms with E-state index in [4.69, 9.17) is 18.9 Å². The van der Waals surface area contributed by atoms with Crippen LogP contribution in [0.4, 0.5) is 0 Å². The molecule has 28 heavy (non-hydrogen) atoms. The number of rotatable bonds is 4. The highest BCUT2D eigenvalue weighted by Gasteiger charge is 2.28. The van der Waals surface area contributed by atoms with Crippen LogP contribution in [0, 0.1) is 6.92 Å². The second-order valence-electron chi connectivity index (χ2n) is 6.68. The Morgan fingerprint density at radius 3 is 1.96 bits per heavy atom. The molecule has 2 aromatic carbocycles. The molecule has 1 aliphatic rings. The van der Waals surface area contributed by atoms with Crippen molar-refractivity contribution in [1.82, 2.24) is 0 Å². The van der Waals surface area contributed by atoms with Gasteiger partial charge in [-0.2, -0.15) is 4.57 Å². The quantitative estimate of drug-likeness (QED) is 0.603. The molecule has 5 nitrogen and oxygen atoms in total. The van der Waals surface area contributed by atoms with Crippen LogP contribution in [0.3, 0.4) is 0 Å². The fourth-order valence-corrected chi connectivity index (χ4v) is 3.99. The average Bonchev–Trinajstić information content (AvgIpc) is 2.71. The summed E-state index contributed by atoms with van der Waals surface area (Å²) < 4.78 is 24.4. The largest absolute Gasteiger partial charge is 1.00 e. The number of halogens is 1. The molecule has 148 valence electrons. The second-order valence-corrected chi connectivity index (χ2v) is 6.68. The van der Waals surface area contributed by atoms with Gasteiger partial charge in [0.05, 0.1) is 39.4 Å². The number of fused-ring (bicyclic) bond motifs is 4. The number of hydrogen-bond acceptors (Lipinski definition) is 4. The maximum Gasteiger partial charge on any atom is 0.213 e. The molecule has 0 fully saturated rings. The topological polar surface area (TPSA) is 40.8 Å². The molecule has 0 amide bonds. The lowest BCUT2D eigenvalue weighted by molar-refractivity contribution is -0.692. The number of aromatic nitrogens is 1. The molecule has 0 atom stereocenters. The summed E-state index contributed by atoms with van der Waals surface area (Å²) in [4.78, 5) is 0. The Morgan fingerprint density at radius 2 is 1.32 bits per heavy atom. The Morgan fingerprint density at radius 1 is 0.750 bits per heavy atom. The third-order valence-electron chi connectivity index (χ3n) is 5.42. The summed E-state index contributed by atoms with van der Waals surface area (Å²) in [6, 6.07) is 10.5. The van der Waals surface area contributed by atoms with Crippen molar-refractivity contribution in [2.24, 2.45) is 0 Å². The molecular weight excluding hydrogens is 378 g/mol. The number of methoxy groups -OCH3 is 4. The van der Waals surface area contributed by atoms with Crippen LogP contribution in [0.25, 0.3) is 22.0 Å². The molecule has 0 spiro atoms. The molecule has 0 aliphatic carbocycles. The van der Waals surface area contributed by atoms with E-state index < -0.39 is 0 Å². The number of aryl methyl sites for hydroxylation is 2. The molecular formula is C22H24ClNO4. The van der Waals surface area contributed by atoms with Crippen LogP contribution in [0.1, 0.15) is 11.3 Å². The minimum Gasteiger partial charge on any atom is -1.00 e. The van der Waals surface area contributed by atoms with Crippen LogP contribution in [-0.2, 0) is 13.0 Å². The lowest BCUT2D eigenvalue weighted by Crippen LogP contribution is -3.00.